The Kier molecular flexibility index (Phi) is 5.86. The number of thioether (sulfide) groups is 1. The van der Waals surface area contributed by atoms with Gasteiger partial charge in [-0.3, -0.25) is 4.79 Å². The summed E-state index contributed by atoms with van der Waals surface area (Å²) in [6.45, 7) is 6.56. The monoisotopic (exact) mass is 382 g/mol. The first-order chi connectivity index (χ1) is 13.0. The Morgan fingerprint density at radius 3 is 2.70 bits per heavy atom. The van der Waals surface area contributed by atoms with Crippen LogP contribution >= 0.6 is 11.8 Å². The number of aliphatic imine (C=N–C) groups is 1. The van der Waals surface area contributed by atoms with E-state index in [1.165, 1.54) is 17.3 Å². The lowest BCUT2D eigenvalue weighted by molar-refractivity contribution is -0.115. The summed E-state index contributed by atoms with van der Waals surface area (Å²) < 4.78 is 10.9. The van der Waals surface area contributed by atoms with Gasteiger partial charge in [-0.25, -0.2) is 4.99 Å². The summed E-state index contributed by atoms with van der Waals surface area (Å²) in [7, 11) is 1.60. The highest BCUT2D eigenvalue weighted by Gasteiger charge is 2.24. The molecule has 2 aromatic rings. The molecule has 0 spiro atoms. The fraction of sp³-hybridized carbons (Fsp3) is 0.238. The number of benzene rings is 2. The van der Waals surface area contributed by atoms with E-state index in [9.17, 15) is 4.79 Å². The van der Waals surface area contributed by atoms with Crippen LogP contribution in [0.1, 0.15) is 23.6 Å². The first kappa shape index (κ1) is 19.0. The van der Waals surface area contributed by atoms with E-state index < -0.39 is 0 Å². The van der Waals surface area contributed by atoms with E-state index in [1.807, 2.05) is 51.1 Å². The number of aryl methyl sites for hydroxylation is 2. The van der Waals surface area contributed by atoms with Crippen molar-refractivity contribution in [3.63, 3.8) is 0 Å². The highest BCUT2D eigenvalue weighted by Crippen LogP contribution is 2.32. The van der Waals surface area contributed by atoms with Gasteiger partial charge in [-0.15, -0.1) is 0 Å². The number of nitrogens with one attached hydrogen (secondary N) is 1. The zero-order valence-corrected chi connectivity index (χ0v) is 16.6. The minimum atomic E-state index is -0.167. The second kappa shape index (κ2) is 8.31. The molecule has 0 unspecified atom stereocenters. The summed E-state index contributed by atoms with van der Waals surface area (Å²) in [4.78, 5) is 17.5. The maximum atomic E-state index is 12.3. The van der Waals surface area contributed by atoms with Gasteiger partial charge < -0.3 is 14.8 Å². The van der Waals surface area contributed by atoms with Gasteiger partial charge >= 0.3 is 0 Å². The van der Waals surface area contributed by atoms with Crippen molar-refractivity contribution in [3.05, 3.63) is 58.0 Å². The summed E-state index contributed by atoms with van der Waals surface area (Å²) in [5, 5.41) is 3.40. The average molecular weight is 382 g/mol. The normalized spacial score (nSPS) is 16.7. The molecule has 1 aliphatic rings. The number of carbonyl (C=O) groups excluding carboxylic acids is 1. The van der Waals surface area contributed by atoms with Crippen molar-refractivity contribution < 1.29 is 14.3 Å². The number of amides is 1. The molecule has 0 aromatic heterocycles. The van der Waals surface area contributed by atoms with Gasteiger partial charge in [0.2, 0.25) is 0 Å². The molecule has 0 aliphatic carbocycles. The number of methoxy groups -OCH3 is 1. The highest BCUT2D eigenvalue weighted by molar-refractivity contribution is 8.18. The van der Waals surface area contributed by atoms with Crippen molar-refractivity contribution in [2.75, 3.05) is 13.7 Å². The minimum Gasteiger partial charge on any atom is -0.496 e. The Bertz CT molecular complexity index is 935. The number of hydrogen-bond acceptors (Lipinski definition) is 5. The molecule has 1 aliphatic heterocycles. The molecular weight excluding hydrogens is 360 g/mol. The van der Waals surface area contributed by atoms with Crippen molar-refractivity contribution in [1.29, 1.82) is 0 Å². The summed E-state index contributed by atoms with van der Waals surface area (Å²) in [6, 6.07) is 11.6. The van der Waals surface area contributed by atoms with Crippen LogP contribution in [0.15, 0.2) is 46.3 Å². The van der Waals surface area contributed by atoms with E-state index in [1.54, 1.807) is 13.2 Å². The van der Waals surface area contributed by atoms with Gasteiger partial charge in [0.15, 0.2) is 5.17 Å². The van der Waals surface area contributed by atoms with Crippen LogP contribution in [0.4, 0.5) is 5.69 Å². The molecule has 1 amide bonds. The first-order valence-electron chi connectivity index (χ1n) is 8.68. The first-order valence-corrected chi connectivity index (χ1v) is 9.49. The standard InChI is InChI=1S/C21H22N2O3S/c1-5-26-16-8-7-15(18(12-16)25-4)11-19-20(24)23-21(27-19)22-17-9-6-13(2)10-14(17)3/h6-12H,5H2,1-4H3,(H,22,23,24)/b19-11+. The third-order valence-corrected chi connectivity index (χ3v) is 4.94. The zero-order chi connectivity index (χ0) is 19.4. The van der Waals surface area contributed by atoms with Crippen LogP contribution in [-0.4, -0.2) is 24.8 Å². The second-order valence-corrected chi connectivity index (χ2v) is 7.14. The van der Waals surface area contributed by atoms with Gasteiger partial charge in [0, 0.05) is 11.6 Å². The Morgan fingerprint density at radius 1 is 1.19 bits per heavy atom. The number of hydrogen-bond donors (Lipinski definition) is 1. The minimum absolute atomic E-state index is 0.167. The molecule has 3 rings (SSSR count). The van der Waals surface area contributed by atoms with Crippen LogP contribution < -0.4 is 14.8 Å². The Morgan fingerprint density at radius 2 is 2.00 bits per heavy atom. The van der Waals surface area contributed by atoms with Crippen LogP contribution in [0.2, 0.25) is 0 Å². The quantitative estimate of drug-likeness (QED) is 0.768. The summed E-state index contributed by atoms with van der Waals surface area (Å²) >= 11 is 1.32. The number of amidine groups is 1. The smallest absolute Gasteiger partial charge is 0.264 e. The molecular formula is C21H22N2O3S. The predicted molar refractivity (Wildman–Crippen MR) is 111 cm³/mol. The Balaban J connectivity index is 1.86. The van der Waals surface area contributed by atoms with Crippen LogP contribution in [-0.2, 0) is 4.79 Å². The molecule has 1 heterocycles. The van der Waals surface area contributed by atoms with E-state index in [2.05, 4.69) is 16.4 Å². The van der Waals surface area contributed by atoms with E-state index in [0.717, 1.165) is 22.6 Å². The molecule has 0 bridgehead atoms. The van der Waals surface area contributed by atoms with Crippen molar-refractivity contribution in [3.8, 4) is 11.5 Å². The van der Waals surface area contributed by atoms with E-state index in [4.69, 9.17) is 9.47 Å². The summed E-state index contributed by atoms with van der Waals surface area (Å²) in [5.74, 6) is 1.22. The van der Waals surface area contributed by atoms with E-state index in [-0.39, 0.29) is 5.91 Å². The summed E-state index contributed by atoms with van der Waals surface area (Å²) in [5.41, 5.74) is 3.92. The Hall–Kier alpha value is -2.73. The van der Waals surface area contributed by atoms with Gasteiger partial charge in [0.1, 0.15) is 11.5 Å². The lowest BCUT2D eigenvalue weighted by Crippen LogP contribution is -2.19. The molecule has 1 N–H and O–H groups in total. The Labute approximate surface area is 163 Å². The highest BCUT2D eigenvalue weighted by atomic mass is 32.2. The molecule has 0 radical (unpaired) electrons. The molecule has 2 aromatic carbocycles. The topological polar surface area (TPSA) is 59.9 Å². The third kappa shape index (κ3) is 4.52. The van der Waals surface area contributed by atoms with Gasteiger partial charge in [-0.2, -0.15) is 0 Å². The van der Waals surface area contributed by atoms with Gasteiger partial charge in [-0.1, -0.05) is 17.7 Å². The SMILES string of the molecule is CCOc1ccc(/C=C2/SC(=Nc3ccc(C)cc3C)NC2=O)c(OC)c1. The molecule has 6 heteroatoms. The van der Waals surface area contributed by atoms with E-state index in [0.29, 0.717) is 22.4 Å². The van der Waals surface area contributed by atoms with Crippen LogP contribution in [0.3, 0.4) is 0 Å². The molecule has 27 heavy (non-hydrogen) atoms. The van der Waals surface area contributed by atoms with Crippen molar-refractivity contribution in [2.24, 2.45) is 4.99 Å². The fourth-order valence-electron chi connectivity index (χ4n) is 2.73. The molecule has 0 atom stereocenters. The van der Waals surface area contributed by atoms with Crippen molar-refractivity contribution in [1.82, 2.24) is 5.32 Å². The maximum absolute atomic E-state index is 12.3. The molecule has 1 saturated heterocycles. The average Bonchev–Trinajstić information content (AvgIpc) is 2.98. The number of carbonyl (C=O) groups is 1. The molecule has 5 nitrogen and oxygen atoms in total. The van der Waals surface area contributed by atoms with Gasteiger partial charge in [0.05, 0.1) is 24.3 Å². The lowest BCUT2D eigenvalue weighted by atomic mass is 10.1. The van der Waals surface area contributed by atoms with Crippen LogP contribution in [0.25, 0.3) is 6.08 Å². The lowest BCUT2D eigenvalue weighted by Gasteiger charge is -2.08. The second-order valence-electron chi connectivity index (χ2n) is 6.11. The van der Waals surface area contributed by atoms with Crippen LogP contribution in [0.5, 0.6) is 11.5 Å². The molecule has 0 saturated carbocycles. The number of nitrogens with zero attached hydrogens (tertiary/aromatic N) is 1. The maximum Gasteiger partial charge on any atom is 0.264 e. The number of rotatable bonds is 5. The van der Waals surface area contributed by atoms with Crippen molar-refractivity contribution in [2.45, 2.75) is 20.8 Å². The van der Waals surface area contributed by atoms with Crippen molar-refractivity contribution >= 4 is 34.6 Å². The van der Waals surface area contributed by atoms with Gasteiger partial charge in [0.25, 0.3) is 5.91 Å². The van der Waals surface area contributed by atoms with Gasteiger partial charge in [-0.05, 0) is 62.4 Å². The molecule has 140 valence electrons. The third-order valence-electron chi connectivity index (χ3n) is 4.03. The van der Waals surface area contributed by atoms with Crippen LogP contribution in [0, 0.1) is 13.8 Å². The number of ether oxygens (including phenoxy) is 2. The summed E-state index contributed by atoms with van der Waals surface area (Å²) in [6.07, 6.45) is 1.80. The van der Waals surface area contributed by atoms with E-state index >= 15 is 0 Å². The molecule has 1 fully saturated rings. The predicted octanol–water partition coefficient (Wildman–Crippen LogP) is 4.60. The zero-order valence-electron chi connectivity index (χ0n) is 15.8. The largest absolute Gasteiger partial charge is 0.496 e. The fourth-order valence-corrected chi connectivity index (χ4v) is 3.55.